The zero-order chi connectivity index (χ0) is 15.0. The summed E-state index contributed by atoms with van der Waals surface area (Å²) in [6.07, 6.45) is 4.83. The molecule has 0 amide bonds. The highest BCUT2D eigenvalue weighted by molar-refractivity contribution is 5.23. The molecule has 1 N–H and O–H groups in total. The molecule has 0 radical (unpaired) electrons. The predicted molar refractivity (Wildman–Crippen MR) is 90.2 cm³/mol. The number of aryl methyl sites for hydroxylation is 1. The van der Waals surface area contributed by atoms with Gasteiger partial charge in [0.2, 0.25) is 0 Å². The van der Waals surface area contributed by atoms with Crippen LogP contribution in [0.4, 0.5) is 0 Å². The van der Waals surface area contributed by atoms with Gasteiger partial charge in [-0.1, -0.05) is 58.9 Å². The van der Waals surface area contributed by atoms with Gasteiger partial charge in [0, 0.05) is 6.54 Å². The summed E-state index contributed by atoms with van der Waals surface area (Å²) in [5.74, 6) is 0.740. The SMILES string of the molecule is CCCNCC(C)(C)CCc1ccc(CC(C)C)cc1. The Morgan fingerprint density at radius 3 is 2.20 bits per heavy atom. The van der Waals surface area contributed by atoms with Gasteiger partial charge >= 0.3 is 0 Å². The lowest BCUT2D eigenvalue weighted by atomic mass is 9.86. The van der Waals surface area contributed by atoms with Crippen LogP contribution in [0.2, 0.25) is 0 Å². The molecule has 0 atom stereocenters. The van der Waals surface area contributed by atoms with E-state index in [2.05, 4.69) is 64.2 Å². The second-order valence-corrected chi connectivity index (χ2v) is 7.26. The smallest absolute Gasteiger partial charge is 0.000263 e. The van der Waals surface area contributed by atoms with Gasteiger partial charge in [0.05, 0.1) is 0 Å². The van der Waals surface area contributed by atoms with Gasteiger partial charge in [0.15, 0.2) is 0 Å². The van der Waals surface area contributed by atoms with Gasteiger partial charge in [-0.3, -0.25) is 0 Å². The van der Waals surface area contributed by atoms with Crippen molar-refractivity contribution in [1.29, 1.82) is 0 Å². The van der Waals surface area contributed by atoms with Crippen LogP contribution in [0.25, 0.3) is 0 Å². The second-order valence-electron chi connectivity index (χ2n) is 7.26. The Balaban J connectivity index is 2.40. The molecule has 0 heterocycles. The van der Waals surface area contributed by atoms with Gasteiger partial charge in [0.1, 0.15) is 0 Å². The van der Waals surface area contributed by atoms with Crippen LogP contribution in [0.3, 0.4) is 0 Å². The third-order valence-electron chi connectivity index (χ3n) is 3.79. The van der Waals surface area contributed by atoms with E-state index in [1.54, 1.807) is 0 Å². The van der Waals surface area contributed by atoms with Gasteiger partial charge < -0.3 is 5.32 Å². The highest BCUT2D eigenvalue weighted by Gasteiger charge is 2.16. The van der Waals surface area contributed by atoms with Crippen molar-refractivity contribution in [3.05, 3.63) is 35.4 Å². The molecule has 0 aromatic heterocycles. The average Bonchev–Trinajstić information content (AvgIpc) is 2.37. The highest BCUT2D eigenvalue weighted by atomic mass is 14.9. The van der Waals surface area contributed by atoms with E-state index in [-0.39, 0.29) is 0 Å². The maximum Gasteiger partial charge on any atom is 0.000263 e. The fourth-order valence-corrected chi connectivity index (χ4v) is 2.49. The molecule has 0 aliphatic rings. The predicted octanol–water partition coefficient (Wildman–Crippen LogP) is 4.84. The number of nitrogens with one attached hydrogen (secondary N) is 1. The summed E-state index contributed by atoms with van der Waals surface area (Å²) in [6.45, 7) is 13.8. The minimum atomic E-state index is 0.381. The summed E-state index contributed by atoms with van der Waals surface area (Å²) >= 11 is 0. The summed E-state index contributed by atoms with van der Waals surface area (Å²) in [6, 6.07) is 9.23. The van der Waals surface area contributed by atoms with E-state index in [0.29, 0.717) is 5.41 Å². The molecule has 0 aliphatic heterocycles. The van der Waals surface area contributed by atoms with Crippen molar-refractivity contribution < 1.29 is 0 Å². The lowest BCUT2D eigenvalue weighted by molar-refractivity contribution is 0.315. The molecule has 20 heavy (non-hydrogen) atoms. The largest absolute Gasteiger partial charge is 0.316 e. The van der Waals surface area contributed by atoms with Crippen LogP contribution in [-0.4, -0.2) is 13.1 Å². The molecular formula is C19H33N. The molecule has 0 spiro atoms. The van der Waals surface area contributed by atoms with Crippen molar-refractivity contribution in [2.75, 3.05) is 13.1 Å². The molecule has 1 nitrogen and oxygen atoms in total. The third kappa shape index (κ3) is 7.09. The van der Waals surface area contributed by atoms with Gasteiger partial charge in [0.25, 0.3) is 0 Å². The summed E-state index contributed by atoms with van der Waals surface area (Å²) in [5, 5.41) is 3.54. The Labute approximate surface area is 126 Å². The molecule has 0 fully saturated rings. The topological polar surface area (TPSA) is 12.0 Å². The Kier molecular flexibility index (Phi) is 7.29. The number of rotatable bonds is 9. The normalized spacial score (nSPS) is 12.1. The zero-order valence-electron chi connectivity index (χ0n) is 14.1. The molecule has 1 heteroatoms. The van der Waals surface area contributed by atoms with E-state index >= 15 is 0 Å². The zero-order valence-corrected chi connectivity index (χ0v) is 14.1. The van der Waals surface area contributed by atoms with E-state index in [4.69, 9.17) is 0 Å². The molecule has 0 saturated carbocycles. The Bertz CT molecular complexity index is 362. The van der Waals surface area contributed by atoms with Crippen LogP contribution in [0.1, 0.15) is 58.6 Å². The standard InChI is InChI=1S/C19H33N/c1-6-13-20-15-19(4,5)12-11-17-7-9-18(10-8-17)14-16(2)3/h7-10,16,20H,6,11-15H2,1-5H3. The van der Waals surface area contributed by atoms with Crippen LogP contribution in [0, 0.1) is 11.3 Å². The first-order chi connectivity index (χ1) is 9.43. The molecule has 0 unspecified atom stereocenters. The minimum Gasteiger partial charge on any atom is -0.316 e. The molecule has 0 saturated heterocycles. The number of hydrogen-bond acceptors (Lipinski definition) is 1. The summed E-state index contributed by atoms with van der Waals surface area (Å²) in [4.78, 5) is 0. The summed E-state index contributed by atoms with van der Waals surface area (Å²) in [7, 11) is 0. The molecular weight excluding hydrogens is 242 g/mol. The van der Waals surface area contributed by atoms with Gasteiger partial charge in [-0.15, -0.1) is 0 Å². The van der Waals surface area contributed by atoms with Crippen molar-refractivity contribution in [2.45, 2.75) is 60.3 Å². The van der Waals surface area contributed by atoms with E-state index in [1.807, 2.05) is 0 Å². The van der Waals surface area contributed by atoms with E-state index in [0.717, 1.165) is 19.0 Å². The Morgan fingerprint density at radius 2 is 1.65 bits per heavy atom. The van der Waals surface area contributed by atoms with E-state index < -0.39 is 0 Å². The van der Waals surface area contributed by atoms with Crippen LogP contribution >= 0.6 is 0 Å². The lowest BCUT2D eigenvalue weighted by Crippen LogP contribution is -2.30. The summed E-state index contributed by atoms with van der Waals surface area (Å²) in [5.41, 5.74) is 3.32. The van der Waals surface area contributed by atoms with Crippen molar-refractivity contribution in [2.24, 2.45) is 11.3 Å². The number of hydrogen-bond donors (Lipinski definition) is 1. The van der Waals surface area contributed by atoms with Gasteiger partial charge in [-0.2, -0.15) is 0 Å². The van der Waals surface area contributed by atoms with Crippen LogP contribution in [0.5, 0.6) is 0 Å². The maximum atomic E-state index is 3.54. The van der Waals surface area contributed by atoms with Crippen LogP contribution in [0.15, 0.2) is 24.3 Å². The quantitative estimate of drug-likeness (QED) is 0.636. The van der Waals surface area contributed by atoms with Gasteiger partial charge in [-0.05, 0) is 54.7 Å². The van der Waals surface area contributed by atoms with Crippen LogP contribution < -0.4 is 5.32 Å². The van der Waals surface area contributed by atoms with Crippen molar-refractivity contribution in [1.82, 2.24) is 5.32 Å². The van der Waals surface area contributed by atoms with Crippen LogP contribution in [-0.2, 0) is 12.8 Å². The lowest BCUT2D eigenvalue weighted by Gasteiger charge is -2.25. The molecule has 1 aromatic carbocycles. The fraction of sp³-hybridized carbons (Fsp3) is 0.684. The Morgan fingerprint density at radius 1 is 1.05 bits per heavy atom. The van der Waals surface area contributed by atoms with E-state index in [9.17, 15) is 0 Å². The molecule has 1 aromatic rings. The second kappa shape index (κ2) is 8.46. The molecule has 0 aliphatic carbocycles. The van der Waals surface area contributed by atoms with Gasteiger partial charge in [-0.25, -0.2) is 0 Å². The monoisotopic (exact) mass is 275 g/mol. The highest BCUT2D eigenvalue weighted by Crippen LogP contribution is 2.22. The van der Waals surface area contributed by atoms with E-state index in [1.165, 1.54) is 36.8 Å². The molecule has 0 bridgehead atoms. The first kappa shape index (κ1) is 17.2. The third-order valence-corrected chi connectivity index (χ3v) is 3.79. The Hall–Kier alpha value is -0.820. The first-order valence-electron chi connectivity index (χ1n) is 8.21. The van der Waals surface area contributed by atoms with Crippen molar-refractivity contribution >= 4 is 0 Å². The van der Waals surface area contributed by atoms with Crippen molar-refractivity contribution in [3.8, 4) is 0 Å². The molecule has 114 valence electrons. The minimum absolute atomic E-state index is 0.381. The average molecular weight is 275 g/mol. The molecule has 1 rings (SSSR count). The summed E-state index contributed by atoms with van der Waals surface area (Å²) < 4.78 is 0. The first-order valence-corrected chi connectivity index (χ1v) is 8.21. The number of benzene rings is 1. The fourth-order valence-electron chi connectivity index (χ4n) is 2.49. The maximum absolute atomic E-state index is 3.54. The van der Waals surface area contributed by atoms with Crippen molar-refractivity contribution in [3.63, 3.8) is 0 Å².